The molecule has 2 heterocycles. The molecule has 0 atom stereocenters. The number of hydrogen-bond donors (Lipinski definition) is 1. The zero-order valence-corrected chi connectivity index (χ0v) is 20.2. The molecular weight excluding hydrogens is 390 g/mol. The number of aryl methyl sites for hydroxylation is 2. The lowest BCUT2D eigenvalue weighted by atomic mass is 10.0. The minimum Gasteiger partial charge on any atom is -0.348 e. The predicted molar refractivity (Wildman–Crippen MR) is 130 cm³/mol. The second-order valence-corrected chi connectivity index (χ2v) is 9.04. The van der Waals surface area contributed by atoms with E-state index in [4.69, 9.17) is 0 Å². The van der Waals surface area contributed by atoms with E-state index < -0.39 is 5.69 Å². The van der Waals surface area contributed by atoms with Crippen LogP contribution in [0.5, 0.6) is 0 Å². The first kappa shape index (κ1) is 25.2. The van der Waals surface area contributed by atoms with Gasteiger partial charge in [-0.3, -0.25) is 14.3 Å². The van der Waals surface area contributed by atoms with Crippen molar-refractivity contribution in [1.29, 1.82) is 0 Å². The van der Waals surface area contributed by atoms with Gasteiger partial charge < -0.3 is 9.47 Å². The van der Waals surface area contributed by atoms with Crippen molar-refractivity contribution in [2.45, 2.75) is 103 Å². The van der Waals surface area contributed by atoms with Crippen molar-refractivity contribution in [3.05, 3.63) is 20.8 Å². The lowest BCUT2D eigenvalue weighted by Gasteiger charge is -2.14. The molecule has 0 bridgehead atoms. The third-order valence-corrected chi connectivity index (χ3v) is 6.12. The fourth-order valence-corrected chi connectivity index (χ4v) is 4.24. The summed E-state index contributed by atoms with van der Waals surface area (Å²) in [4.78, 5) is 33.1. The fraction of sp³-hybridized carbons (Fsp3) is 0.792. The summed E-state index contributed by atoms with van der Waals surface area (Å²) in [7, 11) is 5.47. The number of unbranched alkanes of at least 4 members (excludes halogenated alkanes) is 13. The van der Waals surface area contributed by atoms with Gasteiger partial charge >= 0.3 is 5.69 Å². The van der Waals surface area contributed by atoms with Gasteiger partial charge in [-0.05, 0) is 6.42 Å². The van der Waals surface area contributed by atoms with E-state index in [1.165, 1.54) is 81.6 Å². The molecule has 0 aliphatic heterocycles. The summed E-state index contributed by atoms with van der Waals surface area (Å²) in [5.41, 5.74) is 0.149. The number of imidazole rings is 1. The Morgan fingerprint density at radius 1 is 0.806 bits per heavy atom. The van der Waals surface area contributed by atoms with Crippen molar-refractivity contribution < 1.29 is 0 Å². The number of rotatable bonds is 16. The van der Waals surface area contributed by atoms with Crippen LogP contribution in [0, 0.1) is 0 Å². The summed E-state index contributed by atoms with van der Waals surface area (Å²) < 4.78 is 3.36. The molecule has 0 saturated heterocycles. The summed E-state index contributed by atoms with van der Waals surface area (Å²) in [5, 5.41) is 0. The first-order valence-electron chi connectivity index (χ1n) is 12.3. The van der Waals surface area contributed by atoms with E-state index in [1.807, 2.05) is 23.6 Å². The van der Waals surface area contributed by atoms with E-state index in [0.29, 0.717) is 11.2 Å². The van der Waals surface area contributed by atoms with Gasteiger partial charge in [-0.25, -0.2) is 4.79 Å². The van der Waals surface area contributed by atoms with Crippen LogP contribution >= 0.6 is 0 Å². The van der Waals surface area contributed by atoms with E-state index in [-0.39, 0.29) is 5.56 Å². The maximum absolute atomic E-state index is 12.4. The second-order valence-electron chi connectivity index (χ2n) is 9.04. The zero-order chi connectivity index (χ0) is 22.6. The molecule has 0 aliphatic rings. The average molecular weight is 434 g/mol. The van der Waals surface area contributed by atoms with Crippen molar-refractivity contribution in [2.75, 3.05) is 19.0 Å². The van der Waals surface area contributed by atoms with Crippen LogP contribution in [0.2, 0.25) is 0 Å². The molecule has 0 amide bonds. The number of hydrogen-bond acceptors (Lipinski definition) is 4. The largest absolute Gasteiger partial charge is 0.348 e. The number of nitrogens with one attached hydrogen (secondary N) is 1. The molecule has 7 heteroatoms. The predicted octanol–water partition coefficient (Wildman–Crippen LogP) is 4.97. The Morgan fingerprint density at radius 2 is 1.29 bits per heavy atom. The van der Waals surface area contributed by atoms with Gasteiger partial charge in [0.05, 0.1) is 0 Å². The Balaban J connectivity index is 1.69. The lowest BCUT2D eigenvalue weighted by molar-refractivity contribution is 0.526. The van der Waals surface area contributed by atoms with Gasteiger partial charge in [0.25, 0.3) is 5.56 Å². The molecule has 2 aromatic rings. The van der Waals surface area contributed by atoms with E-state index in [2.05, 4.69) is 16.9 Å². The normalized spacial score (nSPS) is 11.5. The maximum atomic E-state index is 12.4. The maximum Gasteiger partial charge on any atom is 0.329 e. The van der Waals surface area contributed by atoms with Crippen LogP contribution in [0.4, 0.5) is 5.95 Å². The van der Waals surface area contributed by atoms with Crippen LogP contribution in [0.25, 0.3) is 11.2 Å². The highest BCUT2D eigenvalue weighted by Crippen LogP contribution is 2.19. The molecular formula is C24H43N5O2. The molecule has 0 radical (unpaired) electrons. The van der Waals surface area contributed by atoms with Crippen LogP contribution < -0.4 is 16.1 Å². The smallest absolute Gasteiger partial charge is 0.329 e. The molecule has 0 fully saturated rings. The quantitative estimate of drug-likeness (QED) is 0.379. The van der Waals surface area contributed by atoms with Gasteiger partial charge in [0.1, 0.15) is 0 Å². The number of anilines is 1. The molecule has 0 aromatic carbocycles. The highest BCUT2D eigenvalue weighted by atomic mass is 16.2. The molecule has 7 nitrogen and oxygen atoms in total. The third-order valence-electron chi connectivity index (χ3n) is 6.12. The van der Waals surface area contributed by atoms with Crippen LogP contribution in [0.15, 0.2) is 9.59 Å². The highest BCUT2D eigenvalue weighted by Gasteiger charge is 2.18. The summed E-state index contributed by atoms with van der Waals surface area (Å²) in [6.07, 6.45) is 18.5. The summed E-state index contributed by atoms with van der Waals surface area (Å²) in [6, 6.07) is 0. The van der Waals surface area contributed by atoms with Crippen LogP contribution in [-0.4, -0.2) is 33.2 Å². The molecule has 0 unspecified atom stereocenters. The molecule has 0 saturated carbocycles. The number of aromatic nitrogens is 4. The van der Waals surface area contributed by atoms with Gasteiger partial charge in [0, 0.05) is 27.7 Å². The minimum absolute atomic E-state index is 0.357. The Hall–Kier alpha value is -2.05. The van der Waals surface area contributed by atoms with E-state index in [1.54, 1.807) is 7.05 Å². The fourth-order valence-electron chi connectivity index (χ4n) is 4.24. The van der Waals surface area contributed by atoms with Crippen molar-refractivity contribution in [3.8, 4) is 0 Å². The molecule has 31 heavy (non-hydrogen) atoms. The topological polar surface area (TPSA) is 75.9 Å². The first-order valence-corrected chi connectivity index (χ1v) is 12.3. The Morgan fingerprint density at radius 3 is 1.77 bits per heavy atom. The molecule has 2 rings (SSSR count). The lowest BCUT2D eigenvalue weighted by Crippen LogP contribution is -2.29. The first-order chi connectivity index (χ1) is 15.0. The Kier molecular flexibility index (Phi) is 10.9. The molecule has 176 valence electrons. The van der Waals surface area contributed by atoms with Crippen molar-refractivity contribution in [3.63, 3.8) is 0 Å². The van der Waals surface area contributed by atoms with Crippen LogP contribution in [0.3, 0.4) is 0 Å². The Labute approximate surface area is 186 Å². The van der Waals surface area contributed by atoms with Crippen molar-refractivity contribution >= 4 is 17.1 Å². The standard InChI is InChI=1S/C24H43N5O2/c1-5-6-7-8-9-10-11-12-13-14-15-16-17-18-19-29-20-21(25-23(29)27(2)3)28(4)24(31)26-22(20)30/h5-19H2,1-4H3,(H,26,30,31). The van der Waals surface area contributed by atoms with Crippen LogP contribution in [-0.2, 0) is 13.6 Å². The SMILES string of the molecule is CCCCCCCCCCCCCCCCn1c(N(C)C)nc2c1c(=O)[nH]c(=O)n2C. The summed E-state index contributed by atoms with van der Waals surface area (Å²) in [6.45, 7) is 3.01. The molecule has 1 N–H and O–H groups in total. The molecule has 2 aromatic heterocycles. The third kappa shape index (κ3) is 7.54. The molecule has 0 spiro atoms. The van der Waals surface area contributed by atoms with Gasteiger partial charge in [-0.15, -0.1) is 0 Å². The van der Waals surface area contributed by atoms with Crippen LogP contribution in [0.1, 0.15) is 96.8 Å². The average Bonchev–Trinajstić information content (AvgIpc) is 3.13. The Bertz CT molecular complexity index is 894. The van der Waals surface area contributed by atoms with Gasteiger partial charge in [0.2, 0.25) is 5.95 Å². The number of nitrogens with zero attached hydrogens (tertiary/aromatic N) is 4. The number of aromatic amines is 1. The van der Waals surface area contributed by atoms with Crippen molar-refractivity contribution in [1.82, 2.24) is 19.1 Å². The zero-order valence-electron chi connectivity index (χ0n) is 20.2. The minimum atomic E-state index is -0.427. The van der Waals surface area contributed by atoms with Crippen molar-refractivity contribution in [2.24, 2.45) is 7.05 Å². The number of H-pyrrole nitrogens is 1. The van der Waals surface area contributed by atoms with Gasteiger partial charge in [-0.2, -0.15) is 4.98 Å². The van der Waals surface area contributed by atoms with E-state index >= 15 is 0 Å². The summed E-state index contributed by atoms with van der Waals surface area (Å²) >= 11 is 0. The van der Waals surface area contributed by atoms with Gasteiger partial charge in [-0.1, -0.05) is 90.4 Å². The highest BCUT2D eigenvalue weighted by molar-refractivity contribution is 5.74. The second kappa shape index (κ2) is 13.4. The molecule has 0 aliphatic carbocycles. The summed E-state index contributed by atoms with van der Waals surface area (Å²) in [5.74, 6) is 0.719. The monoisotopic (exact) mass is 433 g/mol. The number of fused-ring (bicyclic) bond motifs is 1. The van der Waals surface area contributed by atoms with E-state index in [0.717, 1.165) is 25.3 Å². The van der Waals surface area contributed by atoms with E-state index in [9.17, 15) is 9.59 Å². The van der Waals surface area contributed by atoms with Gasteiger partial charge in [0.15, 0.2) is 11.2 Å².